The molecule has 132 valence electrons. The molecule has 0 aromatic carbocycles. The molecule has 2 amide bonds. The third kappa shape index (κ3) is 4.42. The van der Waals surface area contributed by atoms with Crippen LogP contribution in [0.25, 0.3) is 0 Å². The number of aryl methyl sites for hydroxylation is 2. The van der Waals surface area contributed by atoms with E-state index in [1.165, 1.54) is 4.88 Å². The van der Waals surface area contributed by atoms with Gasteiger partial charge in [-0.1, -0.05) is 6.07 Å². The lowest BCUT2D eigenvalue weighted by Crippen LogP contribution is -2.45. The Morgan fingerprint density at radius 3 is 2.92 bits per heavy atom. The molecule has 0 saturated carbocycles. The summed E-state index contributed by atoms with van der Waals surface area (Å²) in [5, 5.41) is 3.88. The molecule has 0 bridgehead atoms. The largest absolute Gasteiger partial charge is 0.349 e. The fourth-order valence-electron chi connectivity index (χ4n) is 2.89. The Balaban J connectivity index is 1.56. The number of amides is 2. The van der Waals surface area contributed by atoms with Gasteiger partial charge in [0.1, 0.15) is 5.01 Å². The molecular formula is C18H22N4O2S. The van der Waals surface area contributed by atoms with Gasteiger partial charge in [0.2, 0.25) is 11.8 Å². The molecule has 3 rings (SSSR count). The van der Waals surface area contributed by atoms with Crippen LogP contribution < -0.4 is 5.32 Å². The van der Waals surface area contributed by atoms with Gasteiger partial charge in [0.05, 0.1) is 30.4 Å². The highest BCUT2D eigenvalue weighted by Crippen LogP contribution is 2.20. The lowest BCUT2D eigenvalue weighted by atomic mass is 9.96. The van der Waals surface area contributed by atoms with E-state index in [-0.39, 0.29) is 17.7 Å². The van der Waals surface area contributed by atoms with Crippen molar-refractivity contribution in [1.29, 1.82) is 0 Å². The Morgan fingerprint density at radius 1 is 1.40 bits per heavy atom. The average Bonchev–Trinajstić information content (AvgIpc) is 2.93. The first-order chi connectivity index (χ1) is 12.0. The normalized spacial score (nSPS) is 17.6. The fraction of sp³-hybridized carbons (Fsp3) is 0.444. The van der Waals surface area contributed by atoms with E-state index in [0.717, 1.165) is 16.4 Å². The Hall–Kier alpha value is -2.28. The van der Waals surface area contributed by atoms with E-state index >= 15 is 0 Å². The predicted octanol–water partition coefficient (Wildman–Crippen LogP) is 2.21. The summed E-state index contributed by atoms with van der Waals surface area (Å²) < 4.78 is 0. The molecule has 1 aliphatic rings. The second kappa shape index (κ2) is 7.74. The van der Waals surface area contributed by atoms with Gasteiger partial charge in [-0.25, -0.2) is 4.98 Å². The maximum absolute atomic E-state index is 12.5. The zero-order valence-corrected chi connectivity index (χ0v) is 15.3. The number of nitrogens with zero attached hydrogens (tertiary/aromatic N) is 3. The number of aromatic nitrogens is 2. The Kier molecular flexibility index (Phi) is 5.43. The van der Waals surface area contributed by atoms with Crippen LogP contribution >= 0.6 is 11.3 Å². The summed E-state index contributed by atoms with van der Waals surface area (Å²) in [4.78, 5) is 36.2. The standard InChI is InChI=1S/C18H22N4O2S/c1-12-13(2)25-16(21-12)9-20-18(24)14-6-7-17(23)22(10-14)11-15-5-3-4-8-19-15/h3-5,8,14H,6-7,9-11H2,1-2H3,(H,20,24)/t14-/m1/s1. The van der Waals surface area contributed by atoms with E-state index in [4.69, 9.17) is 0 Å². The van der Waals surface area contributed by atoms with E-state index in [0.29, 0.717) is 32.5 Å². The molecule has 6 nitrogen and oxygen atoms in total. The molecular weight excluding hydrogens is 336 g/mol. The van der Waals surface area contributed by atoms with Gasteiger partial charge < -0.3 is 10.2 Å². The highest BCUT2D eigenvalue weighted by molar-refractivity contribution is 7.11. The SMILES string of the molecule is Cc1nc(CNC(=O)[C@@H]2CCC(=O)N(Cc3ccccn3)C2)sc1C. The molecule has 25 heavy (non-hydrogen) atoms. The van der Waals surface area contributed by atoms with Crippen LogP contribution in [0.2, 0.25) is 0 Å². The number of carbonyl (C=O) groups is 2. The van der Waals surface area contributed by atoms with Crippen molar-refractivity contribution >= 4 is 23.2 Å². The number of nitrogens with one attached hydrogen (secondary N) is 1. The van der Waals surface area contributed by atoms with E-state index < -0.39 is 0 Å². The monoisotopic (exact) mass is 358 g/mol. The second-order valence-corrected chi connectivity index (χ2v) is 7.59. The third-order valence-electron chi connectivity index (χ3n) is 4.44. The van der Waals surface area contributed by atoms with E-state index in [2.05, 4.69) is 15.3 Å². The van der Waals surface area contributed by atoms with Crippen molar-refractivity contribution in [2.45, 2.75) is 39.8 Å². The van der Waals surface area contributed by atoms with Crippen molar-refractivity contribution in [3.05, 3.63) is 45.7 Å². The quantitative estimate of drug-likeness (QED) is 0.889. The molecule has 7 heteroatoms. The van der Waals surface area contributed by atoms with Crippen LogP contribution in [-0.4, -0.2) is 33.2 Å². The zero-order valence-electron chi connectivity index (χ0n) is 14.5. The smallest absolute Gasteiger partial charge is 0.225 e. The maximum atomic E-state index is 12.5. The van der Waals surface area contributed by atoms with E-state index in [9.17, 15) is 9.59 Å². The fourth-order valence-corrected chi connectivity index (χ4v) is 3.76. The van der Waals surface area contributed by atoms with Gasteiger partial charge >= 0.3 is 0 Å². The molecule has 1 fully saturated rings. The summed E-state index contributed by atoms with van der Waals surface area (Å²) in [6, 6.07) is 5.64. The maximum Gasteiger partial charge on any atom is 0.225 e. The predicted molar refractivity (Wildman–Crippen MR) is 95.8 cm³/mol. The molecule has 1 aliphatic heterocycles. The van der Waals surface area contributed by atoms with Gasteiger partial charge in [-0.05, 0) is 32.4 Å². The molecule has 0 spiro atoms. The van der Waals surface area contributed by atoms with E-state index in [1.807, 2.05) is 32.0 Å². The average molecular weight is 358 g/mol. The van der Waals surface area contributed by atoms with Gasteiger partial charge in [0.15, 0.2) is 0 Å². The molecule has 1 saturated heterocycles. The first-order valence-corrected chi connectivity index (χ1v) is 9.23. The van der Waals surface area contributed by atoms with Crippen LogP contribution in [-0.2, 0) is 22.7 Å². The summed E-state index contributed by atoms with van der Waals surface area (Å²) >= 11 is 1.61. The molecule has 0 radical (unpaired) electrons. The number of hydrogen-bond donors (Lipinski definition) is 1. The van der Waals surface area contributed by atoms with Crippen molar-refractivity contribution in [3.63, 3.8) is 0 Å². The van der Waals surface area contributed by atoms with Gasteiger partial charge in [0, 0.05) is 24.0 Å². The van der Waals surface area contributed by atoms with Crippen molar-refractivity contribution in [3.8, 4) is 0 Å². The third-order valence-corrected chi connectivity index (χ3v) is 5.51. The van der Waals surface area contributed by atoms with Gasteiger partial charge in [-0.3, -0.25) is 14.6 Å². The number of hydrogen-bond acceptors (Lipinski definition) is 5. The lowest BCUT2D eigenvalue weighted by molar-refractivity contribution is -0.139. The Morgan fingerprint density at radius 2 is 2.24 bits per heavy atom. The van der Waals surface area contributed by atoms with Crippen molar-refractivity contribution in [1.82, 2.24) is 20.2 Å². The molecule has 2 aromatic rings. The first-order valence-electron chi connectivity index (χ1n) is 8.41. The van der Waals surface area contributed by atoms with Gasteiger partial charge in [-0.2, -0.15) is 0 Å². The first kappa shape index (κ1) is 17.5. The van der Waals surface area contributed by atoms with Gasteiger partial charge in [-0.15, -0.1) is 11.3 Å². The number of carbonyl (C=O) groups excluding carboxylic acids is 2. The highest BCUT2D eigenvalue weighted by atomic mass is 32.1. The summed E-state index contributed by atoms with van der Waals surface area (Å²) in [6.07, 6.45) is 2.71. The molecule has 1 N–H and O–H groups in total. The molecule has 0 unspecified atom stereocenters. The van der Waals surface area contributed by atoms with Crippen molar-refractivity contribution in [2.24, 2.45) is 5.92 Å². The summed E-state index contributed by atoms with van der Waals surface area (Å²) in [5.41, 5.74) is 1.85. The van der Waals surface area contributed by atoms with Crippen LogP contribution in [0.1, 0.15) is 34.1 Å². The molecule has 3 heterocycles. The zero-order chi connectivity index (χ0) is 17.8. The minimum atomic E-state index is -0.177. The molecule has 1 atom stereocenters. The summed E-state index contributed by atoms with van der Waals surface area (Å²) in [5.74, 6) is -0.103. The van der Waals surface area contributed by atoms with Crippen LogP contribution in [0.4, 0.5) is 0 Å². The van der Waals surface area contributed by atoms with Crippen LogP contribution in [0.15, 0.2) is 24.4 Å². The highest BCUT2D eigenvalue weighted by Gasteiger charge is 2.30. The minimum Gasteiger partial charge on any atom is -0.349 e. The second-order valence-electron chi connectivity index (χ2n) is 6.30. The van der Waals surface area contributed by atoms with Crippen LogP contribution in [0, 0.1) is 19.8 Å². The topological polar surface area (TPSA) is 75.2 Å². The Labute approximate surface area is 151 Å². The number of pyridine rings is 1. The minimum absolute atomic E-state index is 0.0102. The molecule has 2 aromatic heterocycles. The van der Waals surface area contributed by atoms with Gasteiger partial charge in [0.25, 0.3) is 0 Å². The molecule has 0 aliphatic carbocycles. The summed E-state index contributed by atoms with van der Waals surface area (Å²) in [6.45, 7) is 5.34. The van der Waals surface area contributed by atoms with Crippen LogP contribution in [0.3, 0.4) is 0 Å². The van der Waals surface area contributed by atoms with E-state index in [1.54, 1.807) is 22.4 Å². The number of rotatable bonds is 5. The van der Waals surface area contributed by atoms with Crippen molar-refractivity contribution in [2.75, 3.05) is 6.54 Å². The summed E-state index contributed by atoms with van der Waals surface area (Å²) in [7, 11) is 0. The number of piperidine rings is 1. The number of likely N-dealkylation sites (tertiary alicyclic amines) is 1. The van der Waals surface area contributed by atoms with Crippen molar-refractivity contribution < 1.29 is 9.59 Å². The number of thiazole rings is 1. The lowest BCUT2D eigenvalue weighted by Gasteiger charge is -2.31. The van der Waals surface area contributed by atoms with Crippen LogP contribution in [0.5, 0.6) is 0 Å². The Bertz CT molecular complexity index is 740.